The Bertz CT molecular complexity index is 351. The number of hydrogen-bond acceptors (Lipinski definition) is 2. The second-order valence-corrected chi connectivity index (χ2v) is 3.75. The maximum atomic E-state index is 8.92. The molecule has 0 saturated carbocycles. The van der Waals surface area contributed by atoms with Gasteiger partial charge in [0.25, 0.3) is 0 Å². The molecule has 1 aliphatic heterocycles. The zero-order valence-electron chi connectivity index (χ0n) is 9.19. The second kappa shape index (κ2) is 6.51. The molecule has 2 N–H and O–H groups in total. The van der Waals surface area contributed by atoms with Crippen molar-refractivity contribution < 1.29 is 22.1 Å². The van der Waals surface area contributed by atoms with Crippen LogP contribution in [0, 0.1) is 0 Å². The minimum atomic E-state index is 0. The molecule has 0 spiro atoms. The van der Waals surface area contributed by atoms with Crippen molar-refractivity contribution in [2.45, 2.75) is 13.0 Å². The normalized spacial score (nSPS) is 14.6. The van der Waals surface area contributed by atoms with Gasteiger partial charge in [-0.1, -0.05) is 30.3 Å². The summed E-state index contributed by atoms with van der Waals surface area (Å²) in [7, 11) is 0. The molecule has 3 nitrogen and oxygen atoms in total. The zero-order valence-corrected chi connectivity index (χ0v) is 9.95. The Morgan fingerprint density at radius 1 is 1.25 bits per heavy atom. The van der Waals surface area contributed by atoms with Crippen molar-refractivity contribution in [1.82, 2.24) is 5.32 Å². The van der Waals surface area contributed by atoms with Crippen LogP contribution in [0.25, 0.3) is 0 Å². The van der Waals surface area contributed by atoms with E-state index in [1.54, 1.807) is 0 Å². The molecular weight excluding hydrogens is 224 g/mol. The fourth-order valence-electron chi connectivity index (χ4n) is 1.91. The monoisotopic (exact) mass is 240 g/mol. The van der Waals surface area contributed by atoms with E-state index in [2.05, 4.69) is 34.2 Å². The lowest BCUT2D eigenvalue weighted by atomic mass is 10.2. The Hall–Kier alpha value is -1.06. The van der Waals surface area contributed by atoms with Gasteiger partial charge in [-0.15, -0.1) is 0 Å². The van der Waals surface area contributed by atoms with Gasteiger partial charge in [-0.3, -0.25) is 9.89 Å². The molecule has 0 bridgehead atoms. The number of aliphatic hydroxyl groups excluding tert-OH is 1. The number of nitrogens with zero attached hydrogens (tertiary/aromatic N) is 1. The van der Waals surface area contributed by atoms with E-state index >= 15 is 0 Å². The molecule has 0 unspecified atom stereocenters. The topological polar surface area (TPSA) is 35.3 Å². The lowest BCUT2D eigenvalue weighted by Crippen LogP contribution is -3.00. The highest BCUT2D eigenvalue weighted by Crippen LogP contribution is 2.03. The van der Waals surface area contributed by atoms with Gasteiger partial charge >= 0.3 is 0 Å². The van der Waals surface area contributed by atoms with Crippen molar-refractivity contribution in [3.05, 3.63) is 35.9 Å². The number of hydrogen-bond donors (Lipinski definition) is 2. The van der Waals surface area contributed by atoms with Gasteiger partial charge in [0.15, 0.2) is 0 Å². The summed E-state index contributed by atoms with van der Waals surface area (Å²) in [6.45, 7) is 3.17. The van der Waals surface area contributed by atoms with Crippen LogP contribution in [0.15, 0.2) is 30.3 Å². The molecule has 2 rings (SSSR count). The van der Waals surface area contributed by atoms with Gasteiger partial charge in [0.2, 0.25) is 5.84 Å². The Labute approximate surface area is 102 Å². The molecular formula is C12H17ClN2O. The highest BCUT2D eigenvalue weighted by molar-refractivity contribution is 5.78. The average Bonchev–Trinajstić information content (AvgIpc) is 2.68. The molecule has 0 aliphatic carbocycles. The lowest BCUT2D eigenvalue weighted by Gasteiger charge is -2.03. The lowest BCUT2D eigenvalue weighted by molar-refractivity contribution is -0.535. The van der Waals surface area contributed by atoms with Gasteiger partial charge in [0.05, 0.1) is 13.0 Å². The Morgan fingerprint density at radius 3 is 2.69 bits per heavy atom. The van der Waals surface area contributed by atoms with Gasteiger partial charge < -0.3 is 17.5 Å². The number of amidine groups is 1. The Kier molecular flexibility index (Phi) is 5.29. The SMILES string of the molecule is OCCC1=[N+](Cc2ccccc2)CCN1.[Cl-]. The quantitative estimate of drug-likeness (QED) is 0.575. The molecule has 0 atom stereocenters. The molecule has 0 aromatic heterocycles. The summed E-state index contributed by atoms with van der Waals surface area (Å²) >= 11 is 0. The fraction of sp³-hybridized carbons (Fsp3) is 0.417. The number of halogens is 1. The second-order valence-electron chi connectivity index (χ2n) is 3.75. The predicted molar refractivity (Wildman–Crippen MR) is 60.0 cm³/mol. The Balaban J connectivity index is 0.00000128. The summed E-state index contributed by atoms with van der Waals surface area (Å²) in [5.41, 5.74) is 1.32. The predicted octanol–water partition coefficient (Wildman–Crippen LogP) is -2.41. The van der Waals surface area contributed by atoms with E-state index in [1.165, 1.54) is 11.4 Å². The van der Waals surface area contributed by atoms with Crippen LogP contribution in [-0.2, 0) is 6.54 Å². The molecule has 1 aliphatic rings. The summed E-state index contributed by atoms with van der Waals surface area (Å²) in [6.07, 6.45) is 0.729. The molecule has 0 fully saturated rings. The Morgan fingerprint density at radius 2 is 2.00 bits per heavy atom. The van der Waals surface area contributed by atoms with Crippen LogP contribution in [0.4, 0.5) is 0 Å². The van der Waals surface area contributed by atoms with Gasteiger partial charge in [-0.2, -0.15) is 0 Å². The number of aliphatic hydroxyl groups is 1. The van der Waals surface area contributed by atoms with E-state index in [1.807, 2.05) is 6.07 Å². The first-order chi connectivity index (χ1) is 7.40. The van der Waals surface area contributed by atoms with Crippen molar-refractivity contribution in [3.8, 4) is 0 Å². The van der Waals surface area contributed by atoms with Gasteiger partial charge in [-0.05, 0) is 5.56 Å². The van der Waals surface area contributed by atoms with Gasteiger partial charge in [0.1, 0.15) is 19.6 Å². The fourth-order valence-corrected chi connectivity index (χ4v) is 1.91. The molecule has 1 heterocycles. The van der Waals surface area contributed by atoms with E-state index in [-0.39, 0.29) is 19.0 Å². The molecule has 0 radical (unpaired) electrons. The van der Waals surface area contributed by atoms with E-state index in [0.717, 1.165) is 26.1 Å². The summed E-state index contributed by atoms with van der Waals surface area (Å²) in [6, 6.07) is 10.4. The summed E-state index contributed by atoms with van der Waals surface area (Å²) < 4.78 is 2.30. The van der Waals surface area contributed by atoms with E-state index in [4.69, 9.17) is 5.11 Å². The summed E-state index contributed by atoms with van der Waals surface area (Å²) in [4.78, 5) is 0. The third-order valence-electron chi connectivity index (χ3n) is 2.66. The van der Waals surface area contributed by atoms with Crippen LogP contribution in [0.3, 0.4) is 0 Å². The van der Waals surface area contributed by atoms with Crippen LogP contribution in [0.2, 0.25) is 0 Å². The molecule has 0 saturated heterocycles. The smallest absolute Gasteiger partial charge is 0.247 e. The molecule has 1 aromatic carbocycles. The maximum absolute atomic E-state index is 8.92. The van der Waals surface area contributed by atoms with E-state index < -0.39 is 0 Å². The van der Waals surface area contributed by atoms with Gasteiger partial charge in [0, 0.05) is 0 Å². The van der Waals surface area contributed by atoms with Crippen molar-refractivity contribution in [2.75, 3.05) is 19.7 Å². The summed E-state index contributed by atoms with van der Waals surface area (Å²) in [5, 5.41) is 12.2. The number of rotatable bonds is 4. The van der Waals surface area contributed by atoms with Crippen LogP contribution in [-0.4, -0.2) is 35.2 Å². The summed E-state index contributed by atoms with van der Waals surface area (Å²) in [5.74, 6) is 1.17. The molecule has 4 heteroatoms. The highest BCUT2D eigenvalue weighted by Gasteiger charge is 2.19. The van der Waals surface area contributed by atoms with Gasteiger partial charge in [-0.25, -0.2) is 0 Å². The third-order valence-corrected chi connectivity index (χ3v) is 2.66. The minimum Gasteiger partial charge on any atom is -1.00 e. The first-order valence-corrected chi connectivity index (χ1v) is 5.39. The minimum absolute atomic E-state index is 0. The van der Waals surface area contributed by atoms with Crippen molar-refractivity contribution in [1.29, 1.82) is 0 Å². The van der Waals surface area contributed by atoms with E-state index in [9.17, 15) is 0 Å². The maximum Gasteiger partial charge on any atom is 0.247 e. The largest absolute Gasteiger partial charge is 1.00 e. The van der Waals surface area contributed by atoms with Crippen LogP contribution in [0.5, 0.6) is 0 Å². The van der Waals surface area contributed by atoms with Crippen LogP contribution >= 0.6 is 0 Å². The average molecular weight is 241 g/mol. The van der Waals surface area contributed by atoms with Crippen LogP contribution < -0.4 is 17.7 Å². The first-order valence-electron chi connectivity index (χ1n) is 5.39. The van der Waals surface area contributed by atoms with Crippen molar-refractivity contribution >= 4 is 5.84 Å². The first kappa shape index (κ1) is 13.0. The molecule has 88 valence electrons. The number of nitrogens with one attached hydrogen (secondary N) is 1. The molecule has 16 heavy (non-hydrogen) atoms. The van der Waals surface area contributed by atoms with Crippen LogP contribution in [0.1, 0.15) is 12.0 Å². The van der Waals surface area contributed by atoms with Crippen molar-refractivity contribution in [3.63, 3.8) is 0 Å². The highest BCUT2D eigenvalue weighted by atomic mass is 35.5. The number of benzene rings is 1. The molecule has 1 aromatic rings. The van der Waals surface area contributed by atoms with Crippen molar-refractivity contribution in [2.24, 2.45) is 0 Å². The van der Waals surface area contributed by atoms with E-state index in [0.29, 0.717) is 0 Å². The standard InChI is InChI=1S/C12H16N2O.ClH/c15-9-6-12-13-7-8-14(12)10-11-4-2-1-3-5-11;/h1-5,15H,6-10H2;1H. The third kappa shape index (κ3) is 3.22. The zero-order chi connectivity index (χ0) is 10.5. The molecule has 0 amide bonds.